The van der Waals surface area contributed by atoms with Gasteiger partial charge in [0.1, 0.15) is 0 Å². The van der Waals surface area contributed by atoms with Crippen LogP contribution in [-0.4, -0.2) is 19.2 Å². The summed E-state index contributed by atoms with van der Waals surface area (Å²) in [7, 11) is 4.05. The molecular weight excluding hydrogens is 198 g/mol. The summed E-state index contributed by atoms with van der Waals surface area (Å²) in [6.07, 6.45) is 1.80. The number of aliphatic hydroxyl groups is 1. The van der Waals surface area contributed by atoms with E-state index in [1.165, 1.54) is 5.56 Å². The van der Waals surface area contributed by atoms with Gasteiger partial charge in [-0.3, -0.25) is 0 Å². The van der Waals surface area contributed by atoms with E-state index in [9.17, 15) is 5.11 Å². The topological polar surface area (TPSA) is 23.5 Å². The lowest BCUT2D eigenvalue weighted by atomic mass is 9.96. The molecule has 0 spiro atoms. The predicted octanol–water partition coefficient (Wildman–Crippen LogP) is 2.86. The fourth-order valence-corrected chi connectivity index (χ4v) is 2.06. The van der Waals surface area contributed by atoms with E-state index in [4.69, 9.17) is 0 Å². The van der Waals surface area contributed by atoms with E-state index in [1.807, 2.05) is 14.1 Å². The largest absolute Gasteiger partial charge is 0.385 e. The monoisotopic (exact) mass is 219 g/mol. The van der Waals surface area contributed by atoms with Crippen molar-refractivity contribution < 1.29 is 5.11 Å². The number of hydrogen-bond acceptors (Lipinski definition) is 2. The number of hydrogen-bond donors (Lipinski definition) is 1. The normalized spacial score (nSPS) is 17.6. The number of rotatable bonds is 3. The molecule has 2 rings (SSSR count). The highest BCUT2D eigenvalue weighted by molar-refractivity contribution is 5.58. The minimum Gasteiger partial charge on any atom is -0.385 e. The van der Waals surface area contributed by atoms with Crippen LogP contribution < -0.4 is 4.90 Å². The summed E-state index contributed by atoms with van der Waals surface area (Å²) in [5, 5.41) is 10.3. The lowest BCUT2D eigenvalue weighted by Crippen LogP contribution is -2.16. The van der Waals surface area contributed by atoms with Crippen molar-refractivity contribution in [3.05, 3.63) is 29.3 Å². The van der Waals surface area contributed by atoms with Crippen LogP contribution in [0, 0.1) is 0 Å². The molecule has 0 atom stereocenters. The number of anilines is 1. The van der Waals surface area contributed by atoms with Gasteiger partial charge in [-0.1, -0.05) is 26.0 Å². The van der Waals surface area contributed by atoms with Crippen LogP contribution in [0.2, 0.25) is 0 Å². The molecule has 1 fully saturated rings. The van der Waals surface area contributed by atoms with Gasteiger partial charge in [-0.05, 0) is 30.4 Å². The van der Waals surface area contributed by atoms with Crippen LogP contribution in [0.3, 0.4) is 0 Å². The highest BCUT2D eigenvalue weighted by atomic mass is 16.3. The van der Waals surface area contributed by atoms with Crippen molar-refractivity contribution in [1.82, 2.24) is 0 Å². The van der Waals surface area contributed by atoms with Gasteiger partial charge in [-0.2, -0.15) is 0 Å². The molecule has 2 heteroatoms. The zero-order chi connectivity index (χ0) is 11.9. The Labute approximate surface area is 97.9 Å². The Morgan fingerprint density at radius 2 is 1.88 bits per heavy atom. The molecule has 88 valence electrons. The van der Waals surface area contributed by atoms with E-state index in [1.54, 1.807) is 0 Å². The first-order valence-electron chi connectivity index (χ1n) is 5.98. The molecule has 0 unspecified atom stereocenters. The van der Waals surface area contributed by atoms with Gasteiger partial charge in [0, 0.05) is 25.3 Å². The van der Waals surface area contributed by atoms with Gasteiger partial charge >= 0.3 is 0 Å². The maximum absolute atomic E-state index is 10.3. The fraction of sp³-hybridized carbons (Fsp3) is 0.571. The molecule has 0 radical (unpaired) electrons. The number of nitrogens with zero attached hydrogens (tertiary/aromatic N) is 1. The summed E-state index contributed by atoms with van der Waals surface area (Å²) in [5.41, 5.74) is 3.00. The van der Waals surface area contributed by atoms with E-state index >= 15 is 0 Å². The zero-order valence-electron chi connectivity index (χ0n) is 10.6. The van der Waals surface area contributed by atoms with Crippen LogP contribution in [0.4, 0.5) is 5.69 Å². The molecule has 1 aliphatic rings. The molecule has 0 heterocycles. The standard InChI is InChI=1S/C14H21NO/c1-10(2)11-5-6-13(15(3)4)12(9-11)14(16)7-8-14/h5-6,9-10,16H,7-8H2,1-4H3. The molecule has 0 aromatic heterocycles. The van der Waals surface area contributed by atoms with Gasteiger partial charge in [0.15, 0.2) is 0 Å². The Morgan fingerprint density at radius 1 is 1.25 bits per heavy atom. The Kier molecular flexibility index (Phi) is 2.70. The first-order valence-corrected chi connectivity index (χ1v) is 5.98. The third-order valence-electron chi connectivity index (χ3n) is 3.39. The fourth-order valence-electron chi connectivity index (χ4n) is 2.06. The van der Waals surface area contributed by atoms with Crippen molar-refractivity contribution >= 4 is 5.69 Å². The molecule has 16 heavy (non-hydrogen) atoms. The molecule has 0 bridgehead atoms. The Hall–Kier alpha value is -1.02. The van der Waals surface area contributed by atoms with E-state index in [-0.39, 0.29) is 0 Å². The molecule has 0 aliphatic heterocycles. The van der Waals surface area contributed by atoms with Gasteiger partial charge in [0.05, 0.1) is 5.60 Å². The Morgan fingerprint density at radius 3 is 2.31 bits per heavy atom. The van der Waals surface area contributed by atoms with Crippen LogP contribution in [0.25, 0.3) is 0 Å². The maximum atomic E-state index is 10.3. The maximum Gasteiger partial charge on any atom is 0.0919 e. The molecule has 1 N–H and O–H groups in total. The molecule has 0 saturated heterocycles. The van der Waals surface area contributed by atoms with Crippen LogP contribution in [-0.2, 0) is 5.60 Å². The second kappa shape index (κ2) is 3.77. The summed E-state index contributed by atoms with van der Waals surface area (Å²) in [6.45, 7) is 4.37. The van der Waals surface area contributed by atoms with Gasteiger partial charge < -0.3 is 10.0 Å². The summed E-state index contributed by atoms with van der Waals surface area (Å²) in [4.78, 5) is 2.08. The van der Waals surface area contributed by atoms with Crippen LogP contribution in [0.15, 0.2) is 18.2 Å². The third kappa shape index (κ3) is 1.94. The lowest BCUT2D eigenvalue weighted by Gasteiger charge is -2.22. The highest BCUT2D eigenvalue weighted by Crippen LogP contribution is 2.49. The summed E-state index contributed by atoms with van der Waals surface area (Å²) < 4.78 is 0. The molecule has 1 aliphatic carbocycles. The Bertz CT molecular complexity index is 392. The minimum atomic E-state index is -0.551. The van der Waals surface area contributed by atoms with Gasteiger partial charge in [0.25, 0.3) is 0 Å². The second-order valence-electron chi connectivity index (χ2n) is 5.36. The lowest BCUT2D eigenvalue weighted by molar-refractivity contribution is 0.152. The SMILES string of the molecule is CC(C)c1ccc(N(C)C)c(C2(O)CC2)c1. The van der Waals surface area contributed by atoms with Crippen LogP contribution in [0.1, 0.15) is 43.7 Å². The van der Waals surface area contributed by atoms with Gasteiger partial charge in [0.2, 0.25) is 0 Å². The molecule has 1 saturated carbocycles. The third-order valence-corrected chi connectivity index (χ3v) is 3.39. The summed E-state index contributed by atoms with van der Waals surface area (Å²) in [6, 6.07) is 6.46. The molecular formula is C14H21NO. The molecule has 1 aromatic rings. The summed E-state index contributed by atoms with van der Waals surface area (Å²) in [5.74, 6) is 0.511. The molecule has 0 amide bonds. The Balaban J connectivity index is 2.48. The van der Waals surface area contributed by atoms with E-state index in [0.717, 1.165) is 24.1 Å². The van der Waals surface area contributed by atoms with Crippen molar-refractivity contribution in [3.8, 4) is 0 Å². The van der Waals surface area contributed by atoms with Crippen molar-refractivity contribution in [2.24, 2.45) is 0 Å². The minimum absolute atomic E-state index is 0.511. The van der Waals surface area contributed by atoms with E-state index in [0.29, 0.717) is 5.92 Å². The van der Waals surface area contributed by atoms with Crippen molar-refractivity contribution in [3.63, 3.8) is 0 Å². The van der Waals surface area contributed by atoms with Crippen molar-refractivity contribution in [2.75, 3.05) is 19.0 Å². The van der Waals surface area contributed by atoms with E-state index < -0.39 is 5.60 Å². The first-order chi connectivity index (χ1) is 7.44. The predicted molar refractivity (Wildman–Crippen MR) is 68.0 cm³/mol. The smallest absolute Gasteiger partial charge is 0.0919 e. The van der Waals surface area contributed by atoms with Gasteiger partial charge in [-0.15, -0.1) is 0 Å². The van der Waals surface area contributed by atoms with Crippen molar-refractivity contribution in [2.45, 2.75) is 38.2 Å². The zero-order valence-corrected chi connectivity index (χ0v) is 10.6. The average Bonchev–Trinajstić information content (AvgIpc) is 2.96. The van der Waals surface area contributed by atoms with E-state index in [2.05, 4.69) is 36.9 Å². The van der Waals surface area contributed by atoms with Crippen molar-refractivity contribution in [1.29, 1.82) is 0 Å². The van der Waals surface area contributed by atoms with Crippen LogP contribution in [0.5, 0.6) is 0 Å². The van der Waals surface area contributed by atoms with Gasteiger partial charge in [-0.25, -0.2) is 0 Å². The quantitative estimate of drug-likeness (QED) is 0.845. The first kappa shape index (κ1) is 11.5. The van der Waals surface area contributed by atoms with Crippen LogP contribution >= 0.6 is 0 Å². The molecule has 2 nitrogen and oxygen atoms in total. The molecule has 1 aromatic carbocycles. The second-order valence-corrected chi connectivity index (χ2v) is 5.36. The summed E-state index contributed by atoms with van der Waals surface area (Å²) >= 11 is 0. The highest BCUT2D eigenvalue weighted by Gasteiger charge is 2.44. The number of benzene rings is 1. The average molecular weight is 219 g/mol.